The van der Waals surface area contributed by atoms with Crippen molar-refractivity contribution in [2.45, 2.75) is 50.6 Å². The van der Waals surface area contributed by atoms with Crippen molar-refractivity contribution in [1.29, 1.82) is 0 Å². The van der Waals surface area contributed by atoms with Crippen LogP contribution in [-0.2, 0) is 4.74 Å². The van der Waals surface area contributed by atoms with E-state index >= 15 is 0 Å². The fourth-order valence-electron chi connectivity index (χ4n) is 3.21. The zero-order chi connectivity index (χ0) is 11.0. The van der Waals surface area contributed by atoms with Crippen molar-refractivity contribution in [3.63, 3.8) is 0 Å². The number of hydrogen-bond donors (Lipinski definition) is 1. The molecule has 1 N–H and O–H groups in total. The van der Waals surface area contributed by atoms with Crippen LogP contribution >= 0.6 is 0 Å². The molecule has 16 heavy (non-hydrogen) atoms. The van der Waals surface area contributed by atoms with Gasteiger partial charge in [-0.05, 0) is 25.7 Å². The summed E-state index contributed by atoms with van der Waals surface area (Å²) < 4.78 is 5.31. The zero-order valence-electron chi connectivity index (χ0n) is 10.0. The maximum atomic E-state index is 9.52. The summed E-state index contributed by atoms with van der Waals surface area (Å²) in [6, 6.07) is 1.63. The molecule has 3 aliphatic rings. The van der Waals surface area contributed by atoms with Crippen LogP contribution < -0.4 is 0 Å². The number of aliphatic hydroxyl groups is 1. The Bertz CT molecular complexity index is 237. The molecule has 0 aromatic carbocycles. The van der Waals surface area contributed by atoms with Crippen LogP contribution in [0.5, 0.6) is 0 Å². The third-order valence-corrected chi connectivity index (χ3v) is 4.48. The lowest BCUT2D eigenvalue weighted by Gasteiger charge is -2.45. The molecule has 2 aliphatic carbocycles. The van der Waals surface area contributed by atoms with E-state index in [4.69, 9.17) is 4.74 Å². The first kappa shape index (κ1) is 11.0. The molecule has 0 spiro atoms. The van der Waals surface area contributed by atoms with Crippen LogP contribution in [0.3, 0.4) is 0 Å². The monoisotopic (exact) mass is 225 g/mol. The van der Waals surface area contributed by atoms with Crippen LogP contribution in [-0.4, -0.2) is 48.5 Å². The van der Waals surface area contributed by atoms with E-state index in [1.165, 1.54) is 38.5 Å². The van der Waals surface area contributed by atoms with Gasteiger partial charge in [-0.2, -0.15) is 0 Å². The molecule has 0 aromatic heterocycles. The third kappa shape index (κ3) is 2.01. The molecule has 3 fully saturated rings. The van der Waals surface area contributed by atoms with Crippen molar-refractivity contribution >= 4 is 0 Å². The zero-order valence-corrected chi connectivity index (χ0v) is 10.0. The van der Waals surface area contributed by atoms with Gasteiger partial charge >= 0.3 is 0 Å². The first-order chi connectivity index (χ1) is 7.83. The van der Waals surface area contributed by atoms with Crippen LogP contribution in [0.1, 0.15) is 38.5 Å². The van der Waals surface area contributed by atoms with Gasteiger partial charge in [0.15, 0.2) is 0 Å². The maximum absolute atomic E-state index is 9.52. The maximum Gasteiger partial charge on any atom is 0.0579 e. The Hall–Kier alpha value is -0.120. The van der Waals surface area contributed by atoms with E-state index in [2.05, 4.69) is 4.90 Å². The molecule has 0 aromatic rings. The lowest BCUT2D eigenvalue weighted by Crippen LogP contribution is -2.55. The fraction of sp³-hybridized carbons (Fsp3) is 1.00. The van der Waals surface area contributed by atoms with E-state index in [1.54, 1.807) is 0 Å². The van der Waals surface area contributed by atoms with E-state index in [9.17, 15) is 5.11 Å². The van der Waals surface area contributed by atoms with E-state index in [-0.39, 0.29) is 5.41 Å². The minimum absolute atomic E-state index is 0.0746. The molecule has 3 nitrogen and oxygen atoms in total. The standard InChI is InChI=1S/C13H23NO2/c15-8-13(9-16-10-13)7-14(12-5-6-12)11-3-1-2-4-11/h11-12,15H,1-10H2. The Morgan fingerprint density at radius 2 is 1.69 bits per heavy atom. The van der Waals surface area contributed by atoms with E-state index in [0.29, 0.717) is 6.61 Å². The van der Waals surface area contributed by atoms with E-state index < -0.39 is 0 Å². The average Bonchev–Trinajstić information content (AvgIpc) is 2.93. The molecule has 0 atom stereocenters. The molecular formula is C13H23NO2. The molecule has 1 aliphatic heterocycles. The van der Waals surface area contributed by atoms with Gasteiger partial charge in [0.05, 0.1) is 25.2 Å². The summed E-state index contributed by atoms with van der Waals surface area (Å²) >= 11 is 0. The number of aliphatic hydroxyl groups excluding tert-OH is 1. The first-order valence-corrected chi connectivity index (χ1v) is 6.77. The van der Waals surface area contributed by atoms with Gasteiger partial charge in [0.25, 0.3) is 0 Å². The highest BCUT2D eigenvalue weighted by Gasteiger charge is 2.44. The van der Waals surface area contributed by atoms with Crippen LogP contribution in [0.15, 0.2) is 0 Å². The smallest absolute Gasteiger partial charge is 0.0579 e. The quantitative estimate of drug-likeness (QED) is 0.767. The van der Waals surface area contributed by atoms with Crippen LogP contribution in [0.2, 0.25) is 0 Å². The fourth-order valence-corrected chi connectivity index (χ4v) is 3.21. The van der Waals surface area contributed by atoms with Crippen molar-refractivity contribution in [2.75, 3.05) is 26.4 Å². The van der Waals surface area contributed by atoms with Crippen molar-refractivity contribution in [1.82, 2.24) is 4.90 Å². The largest absolute Gasteiger partial charge is 0.396 e. The summed E-state index contributed by atoms with van der Waals surface area (Å²) in [7, 11) is 0. The van der Waals surface area contributed by atoms with E-state index in [1.807, 2.05) is 0 Å². The molecule has 3 heteroatoms. The summed E-state index contributed by atoms with van der Waals surface area (Å²) in [4.78, 5) is 2.70. The molecule has 0 radical (unpaired) electrons. The van der Waals surface area contributed by atoms with Crippen molar-refractivity contribution < 1.29 is 9.84 Å². The van der Waals surface area contributed by atoms with Crippen molar-refractivity contribution in [2.24, 2.45) is 5.41 Å². The van der Waals surface area contributed by atoms with Gasteiger partial charge in [-0.1, -0.05) is 12.8 Å². The summed E-state index contributed by atoms with van der Waals surface area (Å²) in [5.41, 5.74) is 0.0746. The highest BCUT2D eigenvalue weighted by atomic mass is 16.5. The predicted octanol–water partition coefficient (Wildman–Crippen LogP) is 1.40. The highest BCUT2D eigenvalue weighted by molar-refractivity contribution is 4.96. The normalized spacial score (nSPS) is 29.6. The topological polar surface area (TPSA) is 32.7 Å². The Morgan fingerprint density at radius 3 is 2.12 bits per heavy atom. The van der Waals surface area contributed by atoms with Crippen LogP contribution in [0, 0.1) is 5.41 Å². The Labute approximate surface area is 97.8 Å². The van der Waals surface area contributed by atoms with Crippen LogP contribution in [0.4, 0.5) is 0 Å². The van der Waals surface area contributed by atoms with E-state index in [0.717, 1.165) is 31.8 Å². The summed E-state index contributed by atoms with van der Waals surface area (Å²) in [5.74, 6) is 0. The van der Waals surface area contributed by atoms with Crippen LogP contribution in [0.25, 0.3) is 0 Å². The predicted molar refractivity (Wildman–Crippen MR) is 62.3 cm³/mol. The lowest BCUT2D eigenvalue weighted by molar-refractivity contribution is -0.152. The van der Waals surface area contributed by atoms with Gasteiger partial charge in [0.2, 0.25) is 0 Å². The van der Waals surface area contributed by atoms with Gasteiger partial charge < -0.3 is 9.84 Å². The summed E-state index contributed by atoms with van der Waals surface area (Å²) in [5, 5.41) is 9.52. The molecule has 92 valence electrons. The SMILES string of the molecule is OCC1(CN(C2CCCC2)C2CC2)COC1. The van der Waals surface area contributed by atoms with Gasteiger partial charge in [-0.15, -0.1) is 0 Å². The number of rotatable bonds is 5. The molecular weight excluding hydrogens is 202 g/mol. The second-order valence-electron chi connectivity index (χ2n) is 5.99. The van der Waals surface area contributed by atoms with Crippen molar-refractivity contribution in [3.8, 4) is 0 Å². The average molecular weight is 225 g/mol. The minimum Gasteiger partial charge on any atom is -0.396 e. The van der Waals surface area contributed by atoms with Gasteiger partial charge in [-0.25, -0.2) is 0 Å². The molecule has 1 heterocycles. The number of ether oxygens (including phenoxy) is 1. The second kappa shape index (κ2) is 4.28. The molecule has 0 amide bonds. The van der Waals surface area contributed by atoms with Gasteiger partial charge in [0.1, 0.15) is 0 Å². The van der Waals surface area contributed by atoms with Crippen molar-refractivity contribution in [3.05, 3.63) is 0 Å². The summed E-state index contributed by atoms with van der Waals surface area (Å²) in [6.07, 6.45) is 8.29. The number of hydrogen-bond acceptors (Lipinski definition) is 3. The highest BCUT2D eigenvalue weighted by Crippen LogP contribution is 2.38. The Kier molecular flexibility index (Phi) is 2.94. The molecule has 0 bridgehead atoms. The summed E-state index contributed by atoms with van der Waals surface area (Å²) in [6.45, 7) is 2.89. The Morgan fingerprint density at radius 1 is 1.06 bits per heavy atom. The molecule has 1 saturated heterocycles. The number of nitrogens with zero attached hydrogens (tertiary/aromatic N) is 1. The Balaban J connectivity index is 1.63. The van der Waals surface area contributed by atoms with Gasteiger partial charge in [-0.3, -0.25) is 4.90 Å². The first-order valence-electron chi connectivity index (χ1n) is 6.77. The minimum atomic E-state index is 0.0746. The lowest BCUT2D eigenvalue weighted by atomic mass is 9.85. The molecule has 3 rings (SSSR count). The second-order valence-corrected chi connectivity index (χ2v) is 5.99. The third-order valence-electron chi connectivity index (χ3n) is 4.48. The van der Waals surface area contributed by atoms with Gasteiger partial charge in [0, 0.05) is 18.6 Å². The molecule has 0 unspecified atom stereocenters. The molecule has 2 saturated carbocycles.